The second-order valence-corrected chi connectivity index (χ2v) is 8.09. The number of carbonyl (C=O) groups is 2. The number of hydrogen-bond donors (Lipinski definition) is 1. The molecule has 0 radical (unpaired) electrons. The predicted molar refractivity (Wildman–Crippen MR) is 106 cm³/mol. The van der Waals surface area contributed by atoms with Crippen molar-refractivity contribution < 1.29 is 19.1 Å². The molecule has 0 atom stereocenters. The van der Waals surface area contributed by atoms with Crippen LogP contribution in [0.25, 0.3) is 0 Å². The van der Waals surface area contributed by atoms with Crippen molar-refractivity contribution in [2.45, 2.75) is 12.2 Å². The lowest BCUT2D eigenvalue weighted by Gasteiger charge is -2.07. The van der Waals surface area contributed by atoms with E-state index in [0.717, 1.165) is 20.5 Å². The maximum absolute atomic E-state index is 11.7. The minimum atomic E-state index is -0.400. The molecular weight excluding hydrogens is 394 g/mol. The summed E-state index contributed by atoms with van der Waals surface area (Å²) in [6.45, 7) is 0.226. The monoisotopic (exact) mass is 413 g/mol. The number of hydrogen-bond acceptors (Lipinski definition) is 6. The molecule has 0 saturated heterocycles. The molecule has 0 bridgehead atoms. The van der Waals surface area contributed by atoms with Gasteiger partial charge in [0.1, 0.15) is 5.75 Å². The van der Waals surface area contributed by atoms with E-state index in [2.05, 4.69) is 5.32 Å². The van der Waals surface area contributed by atoms with E-state index in [1.807, 2.05) is 36.4 Å². The Morgan fingerprint density at radius 2 is 1.96 bits per heavy atom. The molecule has 2 rings (SSSR count). The van der Waals surface area contributed by atoms with Crippen molar-refractivity contribution in [3.8, 4) is 5.75 Å². The Hall–Kier alpha value is -1.70. The Balaban J connectivity index is 1.55. The minimum absolute atomic E-state index is 0.203. The van der Waals surface area contributed by atoms with Crippen LogP contribution in [-0.2, 0) is 26.5 Å². The van der Waals surface area contributed by atoms with Crippen LogP contribution in [0.3, 0.4) is 0 Å². The fourth-order valence-corrected chi connectivity index (χ4v) is 4.06. The lowest BCUT2D eigenvalue weighted by Crippen LogP contribution is -2.30. The summed E-state index contributed by atoms with van der Waals surface area (Å²) < 4.78 is 10.8. The lowest BCUT2D eigenvalue weighted by molar-refractivity contribution is -0.145. The molecule has 0 spiro atoms. The maximum Gasteiger partial charge on any atom is 0.316 e. The maximum atomic E-state index is 11.7. The van der Waals surface area contributed by atoms with Gasteiger partial charge in [0.25, 0.3) is 5.91 Å². The van der Waals surface area contributed by atoms with E-state index in [9.17, 15) is 9.59 Å². The average molecular weight is 414 g/mol. The third-order valence-electron chi connectivity index (χ3n) is 3.35. The van der Waals surface area contributed by atoms with Crippen LogP contribution in [0, 0.1) is 0 Å². The van der Waals surface area contributed by atoms with E-state index in [1.165, 1.54) is 23.1 Å². The van der Waals surface area contributed by atoms with Crippen LogP contribution < -0.4 is 10.1 Å². The van der Waals surface area contributed by atoms with Gasteiger partial charge in [-0.3, -0.25) is 9.59 Å². The van der Waals surface area contributed by atoms with Crippen LogP contribution in [0.2, 0.25) is 4.34 Å². The second kappa shape index (κ2) is 11.1. The number of thioether (sulfide) groups is 1. The van der Waals surface area contributed by atoms with E-state index in [4.69, 9.17) is 21.1 Å². The Morgan fingerprint density at radius 1 is 1.19 bits per heavy atom. The summed E-state index contributed by atoms with van der Waals surface area (Å²) in [6.07, 6.45) is 0.697. The highest BCUT2D eigenvalue weighted by molar-refractivity contribution is 7.99. The van der Waals surface area contributed by atoms with E-state index in [-0.39, 0.29) is 18.3 Å². The average Bonchev–Trinajstić information content (AvgIpc) is 3.06. The van der Waals surface area contributed by atoms with Crippen LogP contribution in [0.15, 0.2) is 36.4 Å². The Labute approximate surface area is 166 Å². The zero-order chi connectivity index (χ0) is 18.8. The van der Waals surface area contributed by atoms with Crippen molar-refractivity contribution in [3.05, 3.63) is 51.2 Å². The first-order valence-corrected chi connectivity index (χ1v) is 10.3. The van der Waals surface area contributed by atoms with Gasteiger partial charge in [0.15, 0.2) is 6.61 Å². The molecule has 0 aliphatic heterocycles. The molecule has 1 aromatic heterocycles. The van der Waals surface area contributed by atoms with E-state index < -0.39 is 5.97 Å². The number of halogens is 1. The van der Waals surface area contributed by atoms with Gasteiger partial charge in [0, 0.05) is 17.2 Å². The Morgan fingerprint density at radius 3 is 2.62 bits per heavy atom. The summed E-state index contributed by atoms with van der Waals surface area (Å²) in [4.78, 5) is 24.5. The van der Waals surface area contributed by atoms with Crippen LogP contribution in [0.5, 0.6) is 5.75 Å². The van der Waals surface area contributed by atoms with Gasteiger partial charge in [-0.05, 0) is 36.2 Å². The second-order valence-electron chi connectivity index (χ2n) is 5.31. The summed E-state index contributed by atoms with van der Waals surface area (Å²) in [6, 6.07) is 11.4. The predicted octanol–water partition coefficient (Wildman–Crippen LogP) is 3.55. The summed E-state index contributed by atoms with van der Waals surface area (Å²) in [5.74, 6) is 0.990. The summed E-state index contributed by atoms with van der Waals surface area (Å²) in [7, 11) is 1.62. The first-order valence-electron chi connectivity index (χ1n) is 7.94. The van der Waals surface area contributed by atoms with E-state index >= 15 is 0 Å². The van der Waals surface area contributed by atoms with Gasteiger partial charge in [-0.2, -0.15) is 0 Å². The first kappa shape index (κ1) is 20.6. The van der Waals surface area contributed by atoms with Crippen molar-refractivity contribution in [2.24, 2.45) is 0 Å². The number of nitrogens with one attached hydrogen (secondary N) is 1. The zero-order valence-electron chi connectivity index (χ0n) is 14.3. The highest BCUT2D eigenvalue weighted by Crippen LogP contribution is 2.25. The number of esters is 1. The number of ether oxygens (including phenoxy) is 2. The van der Waals surface area contributed by atoms with Gasteiger partial charge in [-0.1, -0.05) is 23.7 Å². The molecule has 8 heteroatoms. The van der Waals surface area contributed by atoms with Gasteiger partial charge in [0.2, 0.25) is 0 Å². The smallest absolute Gasteiger partial charge is 0.316 e. The van der Waals surface area contributed by atoms with Crippen molar-refractivity contribution in [1.29, 1.82) is 0 Å². The molecule has 0 unspecified atom stereocenters. The molecule has 0 aliphatic carbocycles. The van der Waals surface area contributed by atoms with E-state index in [0.29, 0.717) is 18.7 Å². The molecule has 0 saturated carbocycles. The third-order valence-corrected chi connectivity index (χ3v) is 5.72. The number of carbonyl (C=O) groups excluding carboxylic acids is 2. The lowest BCUT2D eigenvalue weighted by atomic mass is 10.1. The molecule has 1 aromatic carbocycles. The van der Waals surface area contributed by atoms with Gasteiger partial charge < -0.3 is 14.8 Å². The Kier molecular flexibility index (Phi) is 8.80. The fourth-order valence-electron chi connectivity index (χ4n) is 2.04. The molecule has 0 aliphatic rings. The SMILES string of the molecule is COc1ccc(CCNC(=O)COC(=O)CSCc2ccc(Cl)s2)cc1. The van der Waals surface area contributed by atoms with Gasteiger partial charge >= 0.3 is 5.97 Å². The van der Waals surface area contributed by atoms with Gasteiger partial charge in [-0.25, -0.2) is 0 Å². The summed E-state index contributed by atoms with van der Waals surface area (Å²) >= 11 is 8.77. The molecular formula is C18H20ClNO4S2. The molecule has 26 heavy (non-hydrogen) atoms. The highest BCUT2D eigenvalue weighted by Gasteiger charge is 2.08. The topological polar surface area (TPSA) is 64.6 Å². The van der Waals surface area contributed by atoms with Gasteiger partial charge in [0.05, 0.1) is 17.2 Å². The molecule has 5 nitrogen and oxygen atoms in total. The number of thiophene rings is 1. The van der Waals surface area contributed by atoms with Crippen LogP contribution in [-0.4, -0.2) is 37.9 Å². The first-order chi connectivity index (χ1) is 12.6. The minimum Gasteiger partial charge on any atom is -0.497 e. The molecule has 1 amide bonds. The van der Waals surface area contributed by atoms with Crippen LogP contribution in [0.1, 0.15) is 10.4 Å². The number of amides is 1. The number of rotatable bonds is 10. The Bertz CT molecular complexity index is 718. The number of methoxy groups -OCH3 is 1. The largest absolute Gasteiger partial charge is 0.497 e. The van der Waals surface area contributed by atoms with Crippen molar-refractivity contribution >= 4 is 46.6 Å². The molecule has 1 heterocycles. The number of benzene rings is 1. The molecule has 0 fully saturated rings. The zero-order valence-corrected chi connectivity index (χ0v) is 16.7. The van der Waals surface area contributed by atoms with Crippen molar-refractivity contribution in [1.82, 2.24) is 5.32 Å². The summed E-state index contributed by atoms with van der Waals surface area (Å²) in [5.41, 5.74) is 1.09. The summed E-state index contributed by atoms with van der Waals surface area (Å²) in [5, 5.41) is 2.73. The standard InChI is InChI=1S/C18H20ClNO4S2/c1-23-14-4-2-13(3-5-14)8-9-20-17(21)10-24-18(22)12-25-11-15-6-7-16(19)26-15/h2-7H,8-12H2,1H3,(H,20,21). The molecule has 140 valence electrons. The molecule has 1 N–H and O–H groups in total. The van der Waals surface area contributed by atoms with Crippen LogP contribution in [0.4, 0.5) is 0 Å². The quantitative estimate of drug-likeness (QED) is 0.603. The third kappa shape index (κ3) is 7.68. The van der Waals surface area contributed by atoms with Crippen molar-refractivity contribution in [3.63, 3.8) is 0 Å². The molecule has 2 aromatic rings. The fraction of sp³-hybridized carbons (Fsp3) is 0.333. The van der Waals surface area contributed by atoms with Gasteiger partial charge in [-0.15, -0.1) is 23.1 Å². The highest BCUT2D eigenvalue weighted by atomic mass is 35.5. The normalized spacial score (nSPS) is 10.4. The van der Waals surface area contributed by atoms with Crippen LogP contribution >= 0.6 is 34.7 Å². The van der Waals surface area contributed by atoms with Crippen molar-refractivity contribution in [2.75, 3.05) is 26.0 Å². The van der Waals surface area contributed by atoms with E-state index in [1.54, 1.807) is 7.11 Å².